The number of rotatable bonds is 7. The fourth-order valence-corrected chi connectivity index (χ4v) is 3.58. The Morgan fingerprint density at radius 2 is 1.87 bits per heavy atom. The summed E-state index contributed by atoms with van der Waals surface area (Å²) in [5.74, 6) is 0.623. The lowest BCUT2D eigenvalue weighted by Gasteiger charge is -2.10. The molecule has 0 aliphatic carbocycles. The number of anilines is 3. The zero-order valence-electron chi connectivity index (χ0n) is 16.4. The summed E-state index contributed by atoms with van der Waals surface area (Å²) in [4.78, 5) is 8.68. The van der Waals surface area contributed by atoms with E-state index in [0.29, 0.717) is 28.2 Å². The second kappa shape index (κ2) is 8.83. The van der Waals surface area contributed by atoms with Gasteiger partial charge in [0.1, 0.15) is 12.4 Å². The van der Waals surface area contributed by atoms with Crippen molar-refractivity contribution >= 4 is 43.2 Å². The number of aryl methyl sites for hydroxylation is 1. The number of alkyl halides is 3. The number of sulfone groups is 1. The van der Waals surface area contributed by atoms with Gasteiger partial charge >= 0.3 is 6.18 Å². The molecule has 31 heavy (non-hydrogen) atoms. The Morgan fingerprint density at radius 1 is 1.19 bits per heavy atom. The summed E-state index contributed by atoms with van der Waals surface area (Å²) in [6, 6.07) is 6.43. The van der Waals surface area contributed by atoms with Gasteiger partial charge in [0.15, 0.2) is 9.84 Å². The number of nitrogens with one attached hydrogen (secondary N) is 2. The van der Waals surface area contributed by atoms with Gasteiger partial charge in [0.05, 0.1) is 20.7 Å². The van der Waals surface area contributed by atoms with E-state index in [0.717, 1.165) is 16.5 Å². The molecule has 0 aliphatic heterocycles. The molecule has 2 aromatic heterocycles. The second-order valence-corrected chi connectivity index (χ2v) is 9.60. The molecule has 0 atom stereocenters. The molecule has 166 valence electrons. The highest BCUT2D eigenvalue weighted by Crippen LogP contribution is 2.25. The molecule has 2 heterocycles. The first-order valence-corrected chi connectivity index (χ1v) is 11.5. The van der Waals surface area contributed by atoms with Crippen molar-refractivity contribution in [3.8, 4) is 0 Å². The molecule has 2 N–H and O–H groups in total. The number of benzene rings is 1. The van der Waals surface area contributed by atoms with Gasteiger partial charge in [-0.15, -0.1) is 0 Å². The molecule has 0 spiro atoms. The molecule has 0 aliphatic rings. The smallest absolute Gasteiger partial charge is 0.365 e. The lowest BCUT2D eigenvalue weighted by atomic mass is 10.2. The van der Waals surface area contributed by atoms with Crippen molar-refractivity contribution in [1.29, 1.82) is 0 Å². The standard InChI is InChI=1S/C18H18BrF3N6O2S/c1-11-15(9-28(27-11)10-18(20,21)22)25-17-24-8-14(19)16(26-17)23-7-12-3-5-13(6-4-12)31(2,29)30/h3-6,8-9H,7,10H2,1-2H3,(H2,23,24,25,26). The van der Waals surface area contributed by atoms with E-state index in [9.17, 15) is 21.6 Å². The number of halogens is 4. The molecule has 0 bridgehead atoms. The molecule has 8 nitrogen and oxygen atoms in total. The molecule has 13 heteroatoms. The number of nitrogens with zero attached hydrogens (tertiary/aromatic N) is 4. The predicted molar refractivity (Wildman–Crippen MR) is 113 cm³/mol. The maximum atomic E-state index is 12.6. The highest BCUT2D eigenvalue weighted by atomic mass is 79.9. The summed E-state index contributed by atoms with van der Waals surface area (Å²) in [5, 5.41) is 9.82. The zero-order valence-corrected chi connectivity index (χ0v) is 18.8. The van der Waals surface area contributed by atoms with Crippen LogP contribution in [0.15, 0.2) is 46.0 Å². The average Bonchev–Trinajstić information content (AvgIpc) is 2.98. The first-order valence-electron chi connectivity index (χ1n) is 8.84. The van der Waals surface area contributed by atoms with Gasteiger partial charge in [0.25, 0.3) is 0 Å². The van der Waals surface area contributed by atoms with Gasteiger partial charge in [-0.05, 0) is 40.5 Å². The van der Waals surface area contributed by atoms with Crippen molar-refractivity contribution in [3.63, 3.8) is 0 Å². The Hall–Kier alpha value is -2.67. The van der Waals surface area contributed by atoms with Crippen LogP contribution in [-0.2, 0) is 22.9 Å². The summed E-state index contributed by atoms with van der Waals surface area (Å²) in [5.41, 5.74) is 1.56. The Balaban J connectivity index is 1.71. The SMILES string of the molecule is Cc1nn(CC(F)(F)F)cc1Nc1ncc(Br)c(NCc2ccc(S(C)(=O)=O)cc2)n1. The largest absolute Gasteiger partial charge is 0.408 e. The van der Waals surface area contributed by atoms with Crippen molar-refractivity contribution in [2.45, 2.75) is 31.1 Å². The molecule has 0 saturated carbocycles. The van der Waals surface area contributed by atoms with Gasteiger partial charge in [-0.25, -0.2) is 13.4 Å². The Kier molecular flexibility index (Phi) is 6.55. The highest BCUT2D eigenvalue weighted by molar-refractivity contribution is 9.10. The van der Waals surface area contributed by atoms with Crippen LogP contribution in [0.5, 0.6) is 0 Å². The van der Waals surface area contributed by atoms with Crippen LogP contribution < -0.4 is 10.6 Å². The predicted octanol–water partition coefficient (Wildman–Crippen LogP) is 4.07. The fourth-order valence-electron chi connectivity index (χ4n) is 2.62. The summed E-state index contributed by atoms with van der Waals surface area (Å²) >= 11 is 3.34. The Labute approximate surface area is 185 Å². The normalized spacial score (nSPS) is 12.1. The van der Waals surface area contributed by atoms with Gasteiger partial charge < -0.3 is 10.6 Å². The zero-order chi connectivity index (χ0) is 22.8. The van der Waals surface area contributed by atoms with Crippen molar-refractivity contribution in [1.82, 2.24) is 19.7 Å². The maximum absolute atomic E-state index is 12.6. The van der Waals surface area contributed by atoms with Crippen LogP contribution in [0.4, 0.5) is 30.6 Å². The van der Waals surface area contributed by atoms with Gasteiger partial charge in [0, 0.05) is 25.2 Å². The van der Waals surface area contributed by atoms with E-state index in [1.165, 1.54) is 24.5 Å². The van der Waals surface area contributed by atoms with Crippen molar-refractivity contribution in [2.24, 2.45) is 0 Å². The number of hydrogen-bond donors (Lipinski definition) is 2. The molecular weight excluding hydrogens is 501 g/mol. The molecule has 3 rings (SSSR count). The Bertz CT molecular complexity index is 1180. The summed E-state index contributed by atoms with van der Waals surface area (Å²) in [6.45, 7) is 0.747. The lowest BCUT2D eigenvalue weighted by Crippen LogP contribution is -2.17. The summed E-state index contributed by atoms with van der Waals surface area (Å²) in [7, 11) is -3.27. The van der Waals surface area contributed by atoms with Gasteiger partial charge in [0.2, 0.25) is 5.95 Å². The maximum Gasteiger partial charge on any atom is 0.408 e. The third-order valence-corrected chi connectivity index (χ3v) is 5.80. The number of hydrogen-bond acceptors (Lipinski definition) is 7. The van der Waals surface area contributed by atoms with Crippen molar-refractivity contribution in [2.75, 3.05) is 16.9 Å². The van der Waals surface area contributed by atoms with E-state index in [-0.39, 0.29) is 10.8 Å². The first kappa shape index (κ1) is 23.0. The minimum Gasteiger partial charge on any atom is -0.365 e. The minimum atomic E-state index is -4.37. The molecule has 0 saturated heterocycles. The van der Waals surface area contributed by atoms with Crippen LogP contribution >= 0.6 is 15.9 Å². The monoisotopic (exact) mass is 518 g/mol. The molecule has 0 unspecified atom stereocenters. The van der Waals surface area contributed by atoms with Crippen molar-refractivity contribution in [3.05, 3.63) is 52.4 Å². The average molecular weight is 519 g/mol. The number of aromatic nitrogens is 4. The molecule has 0 fully saturated rings. The van der Waals surface area contributed by atoms with E-state index in [1.54, 1.807) is 19.1 Å². The quantitative estimate of drug-likeness (QED) is 0.486. The Morgan fingerprint density at radius 3 is 2.48 bits per heavy atom. The van der Waals surface area contributed by atoms with E-state index in [1.807, 2.05) is 0 Å². The minimum absolute atomic E-state index is 0.174. The summed E-state index contributed by atoms with van der Waals surface area (Å²) in [6.07, 6.45) is -0.494. The molecular formula is C18H18BrF3N6O2S. The van der Waals surface area contributed by atoms with Crippen LogP contribution in [0.2, 0.25) is 0 Å². The third-order valence-electron chi connectivity index (χ3n) is 4.09. The molecule has 1 aromatic carbocycles. The van der Waals surface area contributed by atoms with Crippen LogP contribution in [0.3, 0.4) is 0 Å². The van der Waals surface area contributed by atoms with Crippen LogP contribution in [0.25, 0.3) is 0 Å². The van der Waals surface area contributed by atoms with E-state index >= 15 is 0 Å². The molecule has 0 amide bonds. The topological polar surface area (TPSA) is 102 Å². The fraction of sp³-hybridized carbons (Fsp3) is 0.278. The highest BCUT2D eigenvalue weighted by Gasteiger charge is 2.28. The van der Waals surface area contributed by atoms with Crippen LogP contribution in [-0.4, -0.2) is 40.6 Å². The molecule has 3 aromatic rings. The van der Waals surface area contributed by atoms with Crippen LogP contribution in [0.1, 0.15) is 11.3 Å². The third kappa shape index (κ3) is 6.40. The lowest BCUT2D eigenvalue weighted by molar-refractivity contribution is -0.142. The van der Waals surface area contributed by atoms with Gasteiger partial charge in [-0.3, -0.25) is 4.68 Å². The van der Waals surface area contributed by atoms with E-state index in [2.05, 4.69) is 41.6 Å². The van der Waals surface area contributed by atoms with E-state index < -0.39 is 22.6 Å². The van der Waals surface area contributed by atoms with Crippen LogP contribution in [0, 0.1) is 6.92 Å². The van der Waals surface area contributed by atoms with E-state index in [4.69, 9.17) is 0 Å². The first-order chi connectivity index (χ1) is 14.4. The summed E-state index contributed by atoms with van der Waals surface area (Å²) < 4.78 is 62.2. The second-order valence-electron chi connectivity index (χ2n) is 6.73. The molecule has 0 radical (unpaired) electrons. The van der Waals surface area contributed by atoms with Crippen molar-refractivity contribution < 1.29 is 21.6 Å². The van der Waals surface area contributed by atoms with Gasteiger partial charge in [-0.1, -0.05) is 12.1 Å². The van der Waals surface area contributed by atoms with Gasteiger partial charge in [-0.2, -0.15) is 23.3 Å².